The Kier molecular flexibility index (Phi) is 4.94. The third-order valence-corrected chi connectivity index (χ3v) is 11.4. The number of hydrogen-bond acceptors (Lipinski definition) is 3. The fraction of sp³-hybridized carbons (Fsp3) is 0.200. The molecule has 6 rings (SSSR count). The topological polar surface area (TPSA) is 43.9 Å². The van der Waals surface area contributed by atoms with Crippen molar-refractivity contribution in [1.29, 1.82) is 0 Å². The number of aryl methyl sites for hydroxylation is 3. The van der Waals surface area contributed by atoms with Crippen molar-refractivity contribution in [1.82, 2.24) is 14.5 Å². The summed E-state index contributed by atoms with van der Waals surface area (Å²) < 4.78 is 10.3. The predicted molar refractivity (Wildman–Crippen MR) is 149 cm³/mol. The maximum absolute atomic E-state index is 6.61. The van der Waals surface area contributed by atoms with Crippen LogP contribution in [0.3, 0.4) is 0 Å². The second kappa shape index (κ2) is 7.82. The van der Waals surface area contributed by atoms with Gasteiger partial charge in [0.15, 0.2) is 0 Å². The van der Waals surface area contributed by atoms with Crippen LogP contribution in [-0.4, -0.2) is 27.8 Å². The molecule has 0 aliphatic carbocycles. The van der Waals surface area contributed by atoms with Gasteiger partial charge in [-0.05, 0) is 0 Å². The standard InChI is InChI=1S/C30H29GeN3O/c1-18-19(2)32-20(3)28-27(18)33-30(34(28)22-11-8-7-9-12-22)25-14-10-13-24-23-16-15-21(31(4,5)6)17-26(23)35-29(24)25/h7-17H,1-6H3. The second-order valence-electron chi connectivity index (χ2n) is 10.5. The fourth-order valence-corrected chi connectivity index (χ4v) is 7.43. The number of pyridine rings is 1. The van der Waals surface area contributed by atoms with Gasteiger partial charge in [0.2, 0.25) is 0 Å². The molecule has 0 aliphatic rings. The van der Waals surface area contributed by atoms with Crippen molar-refractivity contribution < 1.29 is 4.42 Å². The molecule has 4 nitrogen and oxygen atoms in total. The molecule has 0 radical (unpaired) electrons. The van der Waals surface area contributed by atoms with Crippen LogP contribution in [0.4, 0.5) is 0 Å². The van der Waals surface area contributed by atoms with E-state index in [1.54, 1.807) is 0 Å². The van der Waals surface area contributed by atoms with Crippen LogP contribution in [0.2, 0.25) is 17.3 Å². The van der Waals surface area contributed by atoms with Gasteiger partial charge in [-0.2, -0.15) is 0 Å². The Morgan fingerprint density at radius 2 is 1.54 bits per heavy atom. The molecule has 0 bridgehead atoms. The number of rotatable bonds is 3. The van der Waals surface area contributed by atoms with Crippen LogP contribution in [0.5, 0.6) is 0 Å². The Morgan fingerprint density at radius 3 is 2.29 bits per heavy atom. The van der Waals surface area contributed by atoms with Crippen LogP contribution >= 0.6 is 0 Å². The zero-order valence-electron chi connectivity index (χ0n) is 21.1. The number of hydrogen-bond donors (Lipinski definition) is 0. The summed E-state index contributed by atoms with van der Waals surface area (Å²) in [6, 6.07) is 23.6. The third kappa shape index (κ3) is 3.42. The van der Waals surface area contributed by atoms with E-state index >= 15 is 0 Å². The van der Waals surface area contributed by atoms with E-state index in [0.717, 1.165) is 67.0 Å². The first-order chi connectivity index (χ1) is 16.7. The van der Waals surface area contributed by atoms with Crippen LogP contribution in [0.15, 0.2) is 71.1 Å². The number of aromatic nitrogens is 3. The Hall–Kier alpha value is -3.38. The summed E-state index contributed by atoms with van der Waals surface area (Å²) >= 11 is -1.98. The van der Waals surface area contributed by atoms with Crippen LogP contribution < -0.4 is 4.40 Å². The van der Waals surface area contributed by atoms with Crippen LogP contribution in [0.25, 0.3) is 50.0 Å². The summed E-state index contributed by atoms with van der Waals surface area (Å²) in [5, 5.41) is 2.28. The molecule has 3 aromatic carbocycles. The van der Waals surface area contributed by atoms with Gasteiger partial charge in [0, 0.05) is 0 Å². The van der Waals surface area contributed by atoms with E-state index in [0.29, 0.717) is 0 Å². The van der Waals surface area contributed by atoms with Gasteiger partial charge < -0.3 is 0 Å². The average Bonchev–Trinajstić information content (AvgIpc) is 3.41. The van der Waals surface area contributed by atoms with Crippen molar-refractivity contribution in [2.24, 2.45) is 0 Å². The van der Waals surface area contributed by atoms with E-state index in [2.05, 4.69) is 103 Å². The minimum absolute atomic E-state index is 0.878. The SMILES string of the molecule is Cc1nc(C)c2c(nc(-c3cccc4c3oc3c[c]([Ge]([CH3])([CH3])[CH3])ccc34)n2-c2ccccc2)c1C. The Bertz CT molecular complexity index is 1750. The van der Waals surface area contributed by atoms with Gasteiger partial charge in [0.25, 0.3) is 0 Å². The average molecular weight is 520 g/mol. The molecule has 0 amide bonds. The summed E-state index contributed by atoms with van der Waals surface area (Å²) in [7, 11) is 0. The molecule has 35 heavy (non-hydrogen) atoms. The number of furan rings is 1. The van der Waals surface area contributed by atoms with Gasteiger partial charge in [0.05, 0.1) is 0 Å². The summed E-state index contributed by atoms with van der Waals surface area (Å²) in [5.74, 6) is 8.12. The second-order valence-corrected chi connectivity index (χ2v) is 21.1. The Balaban J connectivity index is 1.72. The molecule has 0 atom stereocenters. The van der Waals surface area contributed by atoms with E-state index in [-0.39, 0.29) is 0 Å². The summed E-state index contributed by atoms with van der Waals surface area (Å²) in [6.07, 6.45) is 0. The van der Waals surface area contributed by atoms with Crippen molar-refractivity contribution in [3.63, 3.8) is 0 Å². The number of fused-ring (bicyclic) bond motifs is 4. The molecule has 0 saturated carbocycles. The quantitative estimate of drug-likeness (QED) is 0.228. The van der Waals surface area contributed by atoms with E-state index in [9.17, 15) is 0 Å². The summed E-state index contributed by atoms with van der Waals surface area (Å²) in [4.78, 5) is 10.1. The van der Waals surface area contributed by atoms with E-state index in [1.165, 1.54) is 4.40 Å². The molecule has 3 aromatic heterocycles. The van der Waals surface area contributed by atoms with Gasteiger partial charge >= 0.3 is 208 Å². The fourth-order valence-electron chi connectivity index (χ4n) is 5.03. The molecule has 6 aromatic rings. The molecule has 0 unspecified atom stereocenters. The van der Waals surface area contributed by atoms with Crippen LogP contribution in [-0.2, 0) is 0 Å². The minimum atomic E-state index is -1.98. The van der Waals surface area contributed by atoms with Crippen molar-refractivity contribution in [3.8, 4) is 17.1 Å². The third-order valence-electron chi connectivity index (χ3n) is 7.07. The van der Waals surface area contributed by atoms with E-state index < -0.39 is 13.3 Å². The molecule has 5 heteroatoms. The zero-order valence-corrected chi connectivity index (χ0v) is 23.2. The zero-order chi connectivity index (χ0) is 24.5. The maximum atomic E-state index is 6.61. The van der Waals surface area contributed by atoms with Gasteiger partial charge in [-0.3, -0.25) is 0 Å². The number of benzene rings is 3. The first-order valence-corrected chi connectivity index (χ1v) is 19.5. The molecular formula is C30H29GeN3O. The summed E-state index contributed by atoms with van der Waals surface area (Å²) in [6.45, 7) is 6.23. The van der Waals surface area contributed by atoms with Gasteiger partial charge in [-0.1, -0.05) is 0 Å². The summed E-state index contributed by atoms with van der Waals surface area (Å²) in [5.41, 5.74) is 9.04. The molecule has 0 saturated heterocycles. The molecule has 0 spiro atoms. The molecule has 174 valence electrons. The first kappa shape index (κ1) is 22.1. The van der Waals surface area contributed by atoms with Crippen molar-refractivity contribution in [3.05, 3.63) is 83.7 Å². The number of imidazole rings is 1. The Morgan fingerprint density at radius 1 is 0.771 bits per heavy atom. The normalized spacial score (nSPS) is 12.3. The molecule has 0 aliphatic heterocycles. The van der Waals surface area contributed by atoms with Crippen molar-refractivity contribution >= 4 is 50.6 Å². The number of para-hydroxylation sites is 2. The van der Waals surface area contributed by atoms with E-state index in [1.807, 2.05) is 6.07 Å². The Labute approximate surface area is 208 Å². The van der Waals surface area contributed by atoms with Crippen LogP contribution in [0, 0.1) is 20.8 Å². The number of nitrogens with zero attached hydrogens (tertiary/aromatic N) is 3. The molecular weight excluding hydrogens is 491 g/mol. The van der Waals surface area contributed by atoms with Crippen molar-refractivity contribution in [2.75, 3.05) is 0 Å². The van der Waals surface area contributed by atoms with Crippen LogP contribution in [0.1, 0.15) is 17.0 Å². The van der Waals surface area contributed by atoms with Crippen molar-refractivity contribution in [2.45, 2.75) is 38.0 Å². The molecule has 0 fully saturated rings. The monoisotopic (exact) mass is 521 g/mol. The van der Waals surface area contributed by atoms with Gasteiger partial charge in [0.1, 0.15) is 0 Å². The van der Waals surface area contributed by atoms with E-state index in [4.69, 9.17) is 14.4 Å². The molecule has 0 N–H and O–H groups in total. The first-order valence-electron chi connectivity index (χ1n) is 12.1. The molecule has 3 heterocycles. The van der Waals surface area contributed by atoms with Gasteiger partial charge in [-0.25, -0.2) is 0 Å². The van der Waals surface area contributed by atoms with Gasteiger partial charge in [-0.15, -0.1) is 0 Å². The predicted octanol–water partition coefficient (Wildman–Crippen LogP) is 7.46.